The van der Waals surface area contributed by atoms with E-state index in [1.165, 1.54) is 0 Å². The van der Waals surface area contributed by atoms with Gasteiger partial charge in [0.1, 0.15) is 11.8 Å². The summed E-state index contributed by atoms with van der Waals surface area (Å²) in [5, 5.41) is 12.1. The summed E-state index contributed by atoms with van der Waals surface area (Å²) in [7, 11) is 0. The molecule has 0 aliphatic rings. The largest absolute Gasteiger partial charge is 0.479 e. The molecule has 0 fully saturated rings. The van der Waals surface area contributed by atoms with Crippen LogP contribution in [-0.4, -0.2) is 31.1 Å². The van der Waals surface area contributed by atoms with Gasteiger partial charge in [0.25, 0.3) is 5.91 Å². The van der Waals surface area contributed by atoms with Gasteiger partial charge < -0.3 is 14.8 Å². The van der Waals surface area contributed by atoms with Crippen molar-refractivity contribution in [2.75, 3.05) is 13.2 Å². The van der Waals surface area contributed by atoms with Gasteiger partial charge in [0.2, 0.25) is 0 Å². The molecule has 0 saturated carbocycles. The zero-order valence-corrected chi connectivity index (χ0v) is 17.6. The van der Waals surface area contributed by atoms with Gasteiger partial charge >= 0.3 is 5.97 Å². The highest BCUT2D eigenvalue weighted by Crippen LogP contribution is 2.21. The van der Waals surface area contributed by atoms with E-state index in [0.717, 1.165) is 5.56 Å². The molecular formula is C24H28N2O4. The van der Waals surface area contributed by atoms with Gasteiger partial charge in [0.15, 0.2) is 6.10 Å². The number of nitrogens with zero attached hydrogens (tertiary/aromatic N) is 1. The van der Waals surface area contributed by atoms with Gasteiger partial charge in [0.05, 0.1) is 18.1 Å². The van der Waals surface area contributed by atoms with Crippen LogP contribution >= 0.6 is 0 Å². The Labute approximate surface area is 177 Å². The molecule has 2 unspecified atom stereocenters. The third-order valence-electron chi connectivity index (χ3n) is 4.59. The number of amides is 1. The second-order valence-corrected chi connectivity index (χ2v) is 7.27. The molecule has 158 valence electrons. The van der Waals surface area contributed by atoms with Crippen LogP contribution in [0, 0.1) is 23.2 Å². The Morgan fingerprint density at radius 3 is 2.37 bits per heavy atom. The molecule has 2 aromatic rings. The van der Waals surface area contributed by atoms with Gasteiger partial charge in [-0.2, -0.15) is 5.26 Å². The fourth-order valence-electron chi connectivity index (χ4n) is 3.01. The minimum atomic E-state index is -0.793. The normalized spacial score (nSPS) is 12.5. The minimum absolute atomic E-state index is 0.132. The highest BCUT2D eigenvalue weighted by molar-refractivity contribution is 5.82. The smallest absolute Gasteiger partial charge is 0.311 e. The third kappa shape index (κ3) is 6.63. The van der Waals surface area contributed by atoms with Crippen molar-refractivity contribution in [2.24, 2.45) is 11.8 Å². The van der Waals surface area contributed by atoms with Crippen LogP contribution in [0.1, 0.15) is 31.9 Å². The van der Waals surface area contributed by atoms with E-state index in [4.69, 9.17) is 9.47 Å². The fourth-order valence-corrected chi connectivity index (χ4v) is 3.01. The molecule has 0 heterocycles. The fraction of sp³-hybridized carbons (Fsp3) is 0.375. The topological polar surface area (TPSA) is 88.4 Å². The molecule has 1 N–H and O–H groups in total. The first-order valence-corrected chi connectivity index (χ1v) is 10.1. The lowest BCUT2D eigenvalue weighted by atomic mass is 9.98. The number of rotatable bonds is 10. The average molecular weight is 408 g/mol. The maximum Gasteiger partial charge on any atom is 0.311 e. The van der Waals surface area contributed by atoms with Crippen LogP contribution in [0.4, 0.5) is 0 Å². The van der Waals surface area contributed by atoms with Gasteiger partial charge in [-0.1, -0.05) is 56.3 Å². The summed E-state index contributed by atoms with van der Waals surface area (Å²) in [6.45, 7) is 5.91. The first kappa shape index (κ1) is 23.0. The number of carbonyl (C=O) groups is 2. The number of benzene rings is 2. The van der Waals surface area contributed by atoms with Gasteiger partial charge in [-0.3, -0.25) is 9.59 Å². The Kier molecular flexibility index (Phi) is 8.89. The number of hydrogen-bond donors (Lipinski definition) is 1. The van der Waals surface area contributed by atoms with Crippen molar-refractivity contribution in [1.29, 1.82) is 5.26 Å². The second kappa shape index (κ2) is 11.6. The zero-order valence-electron chi connectivity index (χ0n) is 17.6. The van der Waals surface area contributed by atoms with Gasteiger partial charge in [-0.05, 0) is 37.0 Å². The Morgan fingerprint density at radius 1 is 1.07 bits per heavy atom. The van der Waals surface area contributed by atoms with E-state index in [0.29, 0.717) is 17.7 Å². The zero-order chi connectivity index (χ0) is 21.9. The molecule has 1 amide bonds. The van der Waals surface area contributed by atoms with Crippen LogP contribution in [0.5, 0.6) is 5.75 Å². The number of ether oxygens (including phenoxy) is 2. The molecular weight excluding hydrogens is 380 g/mol. The van der Waals surface area contributed by atoms with Gasteiger partial charge in [-0.15, -0.1) is 0 Å². The quantitative estimate of drug-likeness (QED) is 0.608. The maximum atomic E-state index is 12.9. The molecule has 2 rings (SSSR count). The summed E-state index contributed by atoms with van der Waals surface area (Å²) >= 11 is 0. The summed E-state index contributed by atoms with van der Waals surface area (Å²) in [5.74, 6) is -0.957. The van der Waals surface area contributed by atoms with Crippen LogP contribution in [0.2, 0.25) is 0 Å². The van der Waals surface area contributed by atoms with Crippen LogP contribution in [0.15, 0.2) is 54.6 Å². The molecule has 0 bridgehead atoms. The molecule has 0 radical (unpaired) electrons. The molecule has 6 heteroatoms. The molecule has 6 nitrogen and oxygen atoms in total. The number of hydrogen-bond acceptors (Lipinski definition) is 5. The second-order valence-electron chi connectivity index (χ2n) is 7.27. The van der Waals surface area contributed by atoms with E-state index in [1.807, 2.05) is 44.2 Å². The number of nitriles is 1. The van der Waals surface area contributed by atoms with Crippen molar-refractivity contribution in [1.82, 2.24) is 5.32 Å². The van der Waals surface area contributed by atoms with Crippen molar-refractivity contribution < 1.29 is 19.1 Å². The Hall–Kier alpha value is -3.33. The molecule has 2 aromatic carbocycles. The number of esters is 1. The maximum absolute atomic E-state index is 12.9. The van der Waals surface area contributed by atoms with E-state index in [-0.39, 0.29) is 30.9 Å². The van der Waals surface area contributed by atoms with E-state index >= 15 is 0 Å². The average Bonchev–Trinajstić information content (AvgIpc) is 2.75. The number of nitrogens with one attached hydrogen (secondary N) is 1. The van der Waals surface area contributed by atoms with Gasteiger partial charge in [-0.25, -0.2) is 0 Å². The van der Waals surface area contributed by atoms with E-state index in [2.05, 4.69) is 11.4 Å². The molecule has 0 saturated heterocycles. The van der Waals surface area contributed by atoms with Crippen LogP contribution < -0.4 is 10.1 Å². The lowest BCUT2D eigenvalue weighted by Crippen LogP contribution is -2.45. The molecule has 2 atom stereocenters. The monoisotopic (exact) mass is 408 g/mol. The van der Waals surface area contributed by atoms with Crippen LogP contribution in [0.25, 0.3) is 0 Å². The minimum Gasteiger partial charge on any atom is -0.479 e. The Bertz CT molecular complexity index is 874. The summed E-state index contributed by atoms with van der Waals surface area (Å²) < 4.78 is 11.1. The van der Waals surface area contributed by atoms with E-state index in [1.54, 1.807) is 31.2 Å². The van der Waals surface area contributed by atoms with Crippen LogP contribution in [-0.2, 0) is 20.7 Å². The highest BCUT2D eigenvalue weighted by atomic mass is 16.5. The Balaban J connectivity index is 2.08. The summed E-state index contributed by atoms with van der Waals surface area (Å²) in [6.07, 6.45) is -0.330. The Morgan fingerprint density at radius 2 is 1.73 bits per heavy atom. The molecule has 0 spiro atoms. The molecule has 0 aliphatic carbocycles. The van der Waals surface area contributed by atoms with E-state index < -0.39 is 12.0 Å². The van der Waals surface area contributed by atoms with Crippen molar-refractivity contribution in [3.8, 4) is 11.8 Å². The summed E-state index contributed by atoms with van der Waals surface area (Å²) in [4.78, 5) is 25.3. The van der Waals surface area contributed by atoms with Crippen molar-refractivity contribution >= 4 is 11.9 Å². The summed E-state index contributed by atoms with van der Waals surface area (Å²) in [6, 6.07) is 18.5. The summed E-state index contributed by atoms with van der Waals surface area (Å²) in [5.41, 5.74) is 1.36. The SMILES string of the molecule is CCOC(=O)C(CNC(=O)C(Oc1ccccc1C#N)C(C)C)Cc1ccccc1. The molecule has 0 aromatic heterocycles. The van der Waals surface area contributed by atoms with Crippen molar-refractivity contribution in [2.45, 2.75) is 33.3 Å². The molecule has 30 heavy (non-hydrogen) atoms. The van der Waals surface area contributed by atoms with Crippen LogP contribution in [0.3, 0.4) is 0 Å². The first-order valence-electron chi connectivity index (χ1n) is 10.1. The highest BCUT2D eigenvalue weighted by Gasteiger charge is 2.28. The third-order valence-corrected chi connectivity index (χ3v) is 4.59. The van der Waals surface area contributed by atoms with Crippen molar-refractivity contribution in [3.05, 3.63) is 65.7 Å². The number of para-hydroxylation sites is 1. The molecule has 0 aliphatic heterocycles. The van der Waals surface area contributed by atoms with Gasteiger partial charge in [0, 0.05) is 6.54 Å². The number of carbonyl (C=O) groups excluding carboxylic acids is 2. The predicted molar refractivity (Wildman–Crippen MR) is 114 cm³/mol. The van der Waals surface area contributed by atoms with E-state index in [9.17, 15) is 14.9 Å². The lowest BCUT2D eigenvalue weighted by Gasteiger charge is -2.24. The predicted octanol–water partition coefficient (Wildman–Crippen LogP) is 3.50. The lowest BCUT2D eigenvalue weighted by molar-refractivity contribution is -0.148. The standard InChI is InChI=1S/C24H28N2O4/c1-4-29-24(28)20(14-18-10-6-5-7-11-18)16-26-23(27)22(17(2)3)30-21-13-9-8-12-19(21)15-25/h5-13,17,20,22H,4,14,16H2,1-3H3,(H,26,27). The first-order chi connectivity index (χ1) is 14.5. The van der Waals surface area contributed by atoms with Crippen molar-refractivity contribution in [3.63, 3.8) is 0 Å².